The fourth-order valence-electron chi connectivity index (χ4n) is 2.98. The van der Waals surface area contributed by atoms with Crippen molar-refractivity contribution in [2.45, 2.75) is 32.6 Å². The first-order chi connectivity index (χ1) is 13.4. The lowest BCUT2D eigenvalue weighted by molar-refractivity contribution is -0.0542. The molecule has 0 aliphatic heterocycles. The Morgan fingerprint density at radius 3 is 2.19 bits per heavy atom. The number of aromatic nitrogens is 2. The fourth-order valence-corrected chi connectivity index (χ4v) is 2.98. The summed E-state index contributed by atoms with van der Waals surface area (Å²) in [4.78, 5) is 8.43. The Kier molecular flexibility index (Phi) is 7.63. The SMILES string of the molecule is CCCOCOCCCCc1nc(-c2ccccc2)c(-c2ccccc2)[nH]1. The highest BCUT2D eigenvalue weighted by atomic mass is 16.7. The van der Waals surface area contributed by atoms with Crippen molar-refractivity contribution in [3.05, 3.63) is 66.5 Å². The molecule has 27 heavy (non-hydrogen) atoms. The number of rotatable bonds is 11. The molecule has 1 aromatic heterocycles. The predicted octanol–water partition coefficient (Wildman–Crippen LogP) is 5.47. The van der Waals surface area contributed by atoms with Crippen LogP contribution in [0.4, 0.5) is 0 Å². The molecule has 2 aromatic carbocycles. The average Bonchev–Trinajstić information content (AvgIpc) is 3.15. The van der Waals surface area contributed by atoms with Crippen molar-refractivity contribution in [1.82, 2.24) is 9.97 Å². The second-order valence-electron chi connectivity index (χ2n) is 6.53. The first-order valence-corrected chi connectivity index (χ1v) is 9.73. The lowest BCUT2D eigenvalue weighted by Crippen LogP contribution is -2.02. The minimum atomic E-state index is 0.394. The maximum Gasteiger partial charge on any atom is 0.146 e. The molecule has 1 heterocycles. The summed E-state index contributed by atoms with van der Waals surface area (Å²) in [5.74, 6) is 1.02. The number of aromatic amines is 1. The number of hydrogen-bond donors (Lipinski definition) is 1. The van der Waals surface area contributed by atoms with Crippen LogP contribution < -0.4 is 0 Å². The van der Waals surface area contributed by atoms with Crippen LogP contribution >= 0.6 is 0 Å². The van der Waals surface area contributed by atoms with Gasteiger partial charge in [0.2, 0.25) is 0 Å². The highest BCUT2D eigenvalue weighted by molar-refractivity contribution is 5.78. The quantitative estimate of drug-likeness (QED) is 0.363. The van der Waals surface area contributed by atoms with E-state index in [-0.39, 0.29) is 0 Å². The van der Waals surface area contributed by atoms with E-state index in [1.54, 1.807) is 0 Å². The highest BCUT2D eigenvalue weighted by Gasteiger charge is 2.13. The van der Waals surface area contributed by atoms with Gasteiger partial charge < -0.3 is 14.5 Å². The van der Waals surface area contributed by atoms with Crippen LogP contribution in [-0.4, -0.2) is 30.0 Å². The first-order valence-electron chi connectivity index (χ1n) is 9.73. The molecule has 3 aromatic rings. The Morgan fingerprint density at radius 2 is 1.48 bits per heavy atom. The zero-order valence-electron chi connectivity index (χ0n) is 16.0. The molecule has 0 aliphatic rings. The molecule has 0 bridgehead atoms. The molecular weight excluding hydrogens is 336 g/mol. The van der Waals surface area contributed by atoms with E-state index in [0.29, 0.717) is 6.79 Å². The van der Waals surface area contributed by atoms with Gasteiger partial charge in [0.15, 0.2) is 0 Å². The number of benzene rings is 2. The minimum Gasteiger partial charge on any atom is -0.355 e. The number of hydrogen-bond acceptors (Lipinski definition) is 3. The van der Waals surface area contributed by atoms with Gasteiger partial charge >= 0.3 is 0 Å². The van der Waals surface area contributed by atoms with Gasteiger partial charge in [0.1, 0.15) is 12.6 Å². The smallest absolute Gasteiger partial charge is 0.146 e. The summed E-state index contributed by atoms with van der Waals surface area (Å²) < 4.78 is 10.8. The lowest BCUT2D eigenvalue weighted by Gasteiger charge is -2.04. The summed E-state index contributed by atoms with van der Waals surface area (Å²) in [6.45, 7) is 3.97. The summed E-state index contributed by atoms with van der Waals surface area (Å²) >= 11 is 0. The number of unbranched alkanes of at least 4 members (excludes halogenated alkanes) is 1. The lowest BCUT2D eigenvalue weighted by atomic mass is 10.1. The summed E-state index contributed by atoms with van der Waals surface area (Å²) in [6.07, 6.45) is 3.96. The van der Waals surface area contributed by atoms with Crippen molar-refractivity contribution >= 4 is 0 Å². The zero-order valence-corrected chi connectivity index (χ0v) is 16.0. The van der Waals surface area contributed by atoms with E-state index >= 15 is 0 Å². The topological polar surface area (TPSA) is 47.1 Å². The number of ether oxygens (including phenoxy) is 2. The van der Waals surface area contributed by atoms with E-state index in [1.807, 2.05) is 12.1 Å². The van der Waals surface area contributed by atoms with Gasteiger partial charge in [-0.05, 0) is 19.3 Å². The molecule has 4 heteroatoms. The molecule has 142 valence electrons. The molecule has 0 aliphatic carbocycles. The third-order valence-corrected chi connectivity index (χ3v) is 4.33. The molecule has 0 unspecified atom stereocenters. The van der Waals surface area contributed by atoms with Crippen LogP contribution in [0.1, 0.15) is 32.0 Å². The Hall–Kier alpha value is -2.43. The van der Waals surface area contributed by atoms with Gasteiger partial charge in [-0.25, -0.2) is 4.98 Å². The normalized spacial score (nSPS) is 11.0. The first kappa shape index (κ1) is 19.3. The Labute approximate surface area is 161 Å². The Bertz CT molecular complexity index is 728. The molecule has 3 rings (SSSR count). The van der Waals surface area contributed by atoms with E-state index in [1.165, 1.54) is 0 Å². The van der Waals surface area contributed by atoms with Gasteiger partial charge in [-0.2, -0.15) is 0 Å². The predicted molar refractivity (Wildman–Crippen MR) is 109 cm³/mol. The molecule has 4 nitrogen and oxygen atoms in total. The molecule has 0 saturated heterocycles. The van der Waals surface area contributed by atoms with Crippen molar-refractivity contribution in [3.63, 3.8) is 0 Å². The molecule has 0 atom stereocenters. The van der Waals surface area contributed by atoms with Gasteiger partial charge in [-0.3, -0.25) is 0 Å². The van der Waals surface area contributed by atoms with Gasteiger partial charge in [0.05, 0.1) is 11.4 Å². The van der Waals surface area contributed by atoms with Gasteiger partial charge in [0, 0.05) is 30.8 Å². The van der Waals surface area contributed by atoms with Crippen LogP contribution in [0.2, 0.25) is 0 Å². The van der Waals surface area contributed by atoms with Crippen molar-refractivity contribution in [3.8, 4) is 22.5 Å². The second-order valence-corrected chi connectivity index (χ2v) is 6.53. The molecule has 0 saturated carbocycles. The fraction of sp³-hybridized carbons (Fsp3) is 0.348. The second kappa shape index (κ2) is 10.7. The van der Waals surface area contributed by atoms with Crippen LogP contribution in [0.3, 0.4) is 0 Å². The van der Waals surface area contributed by atoms with E-state index in [9.17, 15) is 0 Å². The van der Waals surface area contributed by atoms with E-state index in [2.05, 4.69) is 60.4 Å². The summed E-state index contributed by atoms with van der Waals surface area (Å²) in [5, 5.41) is 0. The van der Waals surface area contributed by atoms with Crippen molar-refractivity contribution in [2.24, 2.45) is 0 Å². The monoisotopic (exact) mass is 364 g/mol. The van der Waals surface area contributed by atoms with Gasteiger partial charge in [0.25, 0.3) is 0 Å². The maximum atomic E-state index is 5.49. The zero-order chi connectivity index (χ0) is 18.7. The number of nitrogens with zero attached hydrogens (tertiary/aromatic N) is 1. The van der Waals surface area contributed by atoms with Crippen LogP contribution in [0.5, 0.6) is 0 Å². The summed E-state index contributed by atoms with van der Waals surface area (Å²) in [5.41, 5.74) is 4.39. The molecule has 0 spiro atoms. The minimum absolute atomic E-state index is 0.394. The molecule has 0 amide bonds. The summed E-state index contributed by atoms with van der Waals surface area (Å²) in [6, 6.07) is 20.7. The largest absolute Gasteiger partial charge is 0.355 e. The van der Waals surface area contributed by atoms with Crippen LogP contribution in [0.25, 0.3) is 22.5 Å². The van der Waals surface area contributed by atoms with Crippen LogP contribution in [0.15, 0.2) is 60.7 Å². The van der Waals surface area contributed by atoms with Crippen LogP contribution in [-0.2, 0) is 15.9 Å². The number of nitrogens with one attached hydrogen (secondary N) is 1. The Morgan fingerprint density at radius 1 is 0.815 bits per heavy atom. The van der Waals surface area contributed by atoms with Crippen molar-refractivity contribution < 1.29 is 9.47 Å². The molecule has 0 radical (unpaired) electrons. The average molecular weight is 364 g/mol. The standard InChI is InChI=1S/C23H28N2O2/c1-2-16-26-18-27-17-10-9-15-21-24-22(19-11-5-3-6-12-19)23(25-21)20-13-7-4-8-14-20/h3-8,11-14H,2,9-10,15-18H2,1H3,(H,24,25). The highest BCUT2D eigenvalue weighted by Crippen LogP contribution is 2.30. The van der Waals surface area contributed by atoms with E-state index < -0.39 is 0 Å². The Balaban J connectivity index is 1.62. The van der Waals surface area contributed by atoms with E-state index in [4.69, 9.17) is 14.5 Å². The van der Waals surface area contributed by atoms with Gasteiger partial charge in [-0.15, -0.1) is 0 Å². The molecule has 1 N–H and O–H groups in total. The summed E-state index contributed by atoms with van der Waals surface area (Å²) in [7, 11) is 0. The number of aryl methyl sites for hydroxylation is 1. The maximum absolute atomic E-state index is 5.49. The third kappa shape index (κ3) is 5.78. The number of H-pyrrole nitrogens is 1. The van der Waals surface area contributed by atoms with Gasteiger partial charge in [-0.1, -0.05) is 67.6 Å². The van der Waals surface area contributed by atoms with Crippen molar-refractivity contribution in [1.29, 1.82) is 0 Å². The molecular formula is C23H28N2O2. The van der Waals surface area contributed by atoms with E-state index in [0.717, 1.165) is 67.2 Å². The third-order valence-electron chi connectivity index (χ3n) is 4.33. The molecule has 0 fully saturated rings. The van der Waals surface area contributed by atoms with Crippen LogP contribution in [0, 0.1) is 0 Å². The number of imidazole rings is 1. The van der Waals surface area contributed by atoms with Crippen molar-refractivity contribution in [2.75, 3.05) is 20.0 Å².